The van der Waals surface area contributed by atoms with Gasteiger partial charge in [-0.25, -0.2) is 4.79 Å². The molecule has 0 spiro atoms. The van der Waals surface area contributed by atoms with Crippen molar-refractivity contribution in [1.82, 2.24) is 0 Å². The van der Waals surface area contributed by atoms with E-state index in [9.17, 15) is 9.90 Å². The Labute approximate surface area is 170 Å². The van der Waals surface area contributed by atoms with E-state index in [0.717, 1.165) is 48.4 Å². The van der Waals surface area contributed by atoms with Crippen LogP contribution in [0, 0.1) is 0 Å². The lowest BCUT2D eigenvalue weighted by Crippen LogP contribution is -2.22. The fourth-order valence-electron chi connectivity index (χ4n) is 3.78. The zero-order valence-corrected chi connectivity index (χ0v) is 18.6. The Kier molecular flexibility index (Phi) is 9.22. The summed E-state index contributed by atoms with van der Waals surface area (Å²) < 4.78 is 10.7. The van der Waals surface area contributed by atoms with Gasteiger partial charge in [-0.3, -0.25) is 0 Å². The fourth-order valence-corrected chi connectivity index (χ4v) is 3.78. The molecular weight excluding hydrogens is 352 g/mol. The second-order valence-corrected chi connectivity index (χ2v) is 8.73. The van der Waals surface area contributed by atoms with E-state index in [0.29, 0.717) is 19.0 Å². The molecule has 0 aliphatic rings. The van der Waals surface area contributed by atoms with E-state index in [4.69, 9.17) is 9.47 Å². The maximum Gasteiger partial charge on any atom is 0.330 e. The van der Waals surface area contributed by atoms with Gasteiger partial charge in [0.1, 0.15) is 12.4 Å². The van der Waals surface area contributed by atoms with Crippen molar-refractivity contribution in [3.8, 4) is 5.75 Å². The molecule has 1 N–H and O–H groups in total. The van der Waals surface area contributed by atoms with Crippen molar-refractivity contribution >= 4 is 5.97 Å². The van der Waals surface area contributed by atoms with Crippen LogP contribution < -0.4 is 0 Å². The number of phenols is 1. The Morgan fingerprint density at radius 2 is 1.54 bits per heavy atom. The Hall–Kier alpha value is -1.81. The van der Waals surface area contributed by atoms with E-state index in [2.05, 4.69) is 60.3 Å². The molecule has 0 fully saturated rings. The van der Waals surface area contributed by atoms with Crippen LogP contribution in [0.2, 0.25) is 0 Å². The summed E-state index contributed by atoms with van der Waals surface area (Å²) in [4.78, 5) is 11.1. The summed E-state index contributed by atoms with van der Waals surface area (Å²) in [5.74, 6) is -0.0269. The number of carbonyl (C=O) groups excluding carboxylic acids is 1. The molecule has 0 aromatic heterocycles. The topological polar surface area (TPSA) is 55.8 Å². The van der Waals surface area contributed by atoms with E-state index in [1.807, 2.05) is 0 Å². The van der Waals surface area contributed by atoms with E-state index < -0.39 is 5.97 Å². The molecule has 0 unspecified atom stereocenters. The fraction of sp³-hybridized carbons (Fsp3) is 0.625. The molecule has 1 rings (SSSR count). The van der Waals surface area contributed by atoms with E-state index >= 15 is 0 Å². The van der Waals surface area contributed by atoms with Gasteiger partial charge in [0.15, 0.2) is 0 Å². The maximum absolute atomic E-state index is 11.1. The molecular formula is C24H38O4. The number of ether oxygens (including phenoxy) is 2. The summed E-state index contributed by atoms with van der Waals surface area (Å²) in [6.45, 7) is 17.4. The Morgan fingerprint density at radius 3 is 1.96 bits per heavy atom. The summed E-state index contributed by atoms with van der Waals surface area (Å²) >= 11 is 0. The van der Waals surface area contributed by atoms with Crippen molar-refractivity contribution in [2.24, 2.45) is 0 Å². The highest BCUT2D eigenvalue weighted by Gasteiger charge is 2.30. The molecule has 1 aromatic rings. The summed E-state index contributed by atoms with van der Waals surface area (Å²) in [7, 11) is 0. The molecule has 0 bridgehead atoms. The first-order chi connectivity index (χ1) is 13.1. The van der Waals surface area contributed by atoms with Crippen LogP contribution in [0.3, 0.4) is 0 Å². The van der Waals surface area contributed by atoms with Gasteiger partial charge in [-0.05, 0) is 41.4 Å². The molecule has 0 amide bonds. The molecule has 0 heterocycles. The standard InChI is InChI=1S/C24H38O4/c1-8-11-23(4,5)19-15-18(17-27-13-14-28-21(25)10-3)16-20(22(19)26)24(6,7)12-9-2/h10,15-16,26H,3,8-9,11-14,17H2,1-2,4-7H3. The summed E-state index contributed by atoms with van der Waals surface area (Å²) in [6.07, 6.45) is 5.24. The van der Waals surface area contributed by atoms with Gasteiger partial charge in [0.05, 0.1) is 13.2 Å². The van der Waals surface area contributed by atoms with Gasteiger partial charge in [-0.15, -0.1) is 0 Å². The predicted molar refractivity (Wildman–Crippen MR) is 115 cm³/mol. The first kappa shape index (κ1) is 24.2. The van der Waals surface area contributed by atoms with Crippen LogP contribution in [-0.2, 0) is 31.7 Å². The van der Waals surface area contributed by atoms with E-state index in [-0.39, 0.29) is 17.4 Å². The predicted octanol–water partition coefficient (Wildman–Crippen LogP) is 5.79. The molecule has 0 aliphatic heterocycles. The zero-order chi connectivity index (χ0) is 21.4. The van der Waals surface area contributed by atoms with Crippen LogP contribution in [0.1, 0.15) is 83.9 Å². The highest BCUT2D eigenvalue weighted by Crippen LogP contribution is 2.43. The number of hydrogen-bond acceptors (Lipinski definition) is 4. The van der Waals surface area contributed by atoms with Gasteiger partial charge >= 0.3 is 5.97 Å². The van der Waals surface area contributed by atoms with Crippen molar-refractivity contribution in [1.29, 1.82) is 0 Å². The third-order valence-electron chi connectivity index (χ3n) is 5.29. The van der Waals surface area contributed by atoms with Gasteiger partial charge in [0.25, 0.3) is 0 Å². The van der Waals surface area contributed by atoms with Crippen LogP contribution in [-0.4, -0.2) is 24.3 Å². The lowest BCUT2D eigenvalue weighted by atomic mass is 9.73. The number of rotatable bonds is 12. The number of phenolic OH excluding ortho intramolecular Hbond substituents is 1. The van der Waals surface area contributed by atoms with Gasteiger partial charge in [-0.2, -0.15) is 0 Å². The molecule has 0 radical (unpaired) electrons. The molecule has 28 heavy (non-hydrogen) atoms. The largest absolute Gasteiger partial charge is 0.507 e. The SMILES string of the molecule is C=CC(=O)OCCOCc1cc(C(C)(C)CCC)c(O)c(C(C)(C)CCC)c1. The van der Waals surface area contributed by atoms with Gasteiger partial charge in [0.2, 0.25) is 0 Å². The molecule has 4 nitrogen and oxygen atoms in total. The molecule has 158 valence electrons. The lowest BCUT2D eigenvalue weighted by Gasteiger charge is -2.32. The lowest BCUT2D eigenvalue weighted by molar-refractivity contribution is -0.139. The first-order valence-corrected chi connectivity index (χ1v) is 10.3. The number of benzene rings is 1. The average Bonchev–Trinajstić information content (AvgIpc) is 2.61. The smallest absolute Gasteiger partial charge is 0.330 e. The normalized spacial score (nSPS) is 12.1. The van der Waals surface area contributed by atoms with Gasteiger partial charge in [0, 0.05) is 17.2 Å². The minimum absolute atomic E-state index is 0.120. The van der Waals surface area contributed by atoms with Crippen molar-refractivity contribution in [2.45, 2.75) is 84.7 Å². The summed E-state index contributed by atoms with van der Waals surface area (Å²) in [6, 6.07) is 4.12. The number of hydrogen-bond donors (Lipinski definition) is 1. The molecule has 0 saturated heterocycles. The van der Waals surface area contributed by atoms with Crippen LogP contribution >= 0.6 is 0 Å². The highest BCUT2D eigenvalue weighted by molar-refractivity contribution is 5.81. The van der Waals surface area contributed by atoms with Gasteiger partial charge < -0.3 is 14.6 Å². The molecule has 1 aromatic carbocycles. The maximum atomic E-state index is 11.1. The van der Waals surface area contributed by atoms with Gasteiger partial charge in [-0.1, -0.05) is 61.0 Å². The molecule has 0 atom stereocenters. The first-order valence-electron chi connectivity index (χ1n) is 10.3. The minimum atomic E-state index is -0.444. The number of esters is 1. The molecule has 4 heteroatoms. The van der Waals surface area contributed by atoms with E-state index in [1.165, 1.54) is 0 Å². The highest BCUT2D eigenvalue weighted by atomic mass is 16.6. The van der Waals surface area contributed by atoms with Crippen LogP contribution in [0.25, 0.3) is 0 Å². The Balaban J connectivity index is 3.12. The van der Waals surface area contributed by atoms with Crippen molar-refractivity contribution < 1.29 is 19.4 Å². The van der Waals surface area contributed by atoms with Crippen molar-refractivity contribution in [3.05, 3.63) is 41.5 Å². The van der Waals surface area contributed by atoms with Crippen molar-refractivity contribution in [2.75, 3.05) is 13.2 Å². The minimum Gasteiger partial charge on any atom is -0.507 e. The van der Waals surface area contributed by atoms with Crippen molar-refractivity contribution in [3.63, 3.8) is 0 Å². The second kappa shape index (κ2) is 10.7. The third-order valence-corrected chi connectivity index (χ3v) is 5.29. The quantitative estimate of drug-likeness (QED) is 0.279. The summed E-state index contributed by atoms with van der Waals surface area (Å²) in [5, 5.41) is 11.1. The second-order valence-electron chi connectivity index (χ2n) is 8.73. The number of aromatic hydroxyl groups is 1. The average molecular weight is 391 g/mol. The monoisotopic (exact) mass is 390 g/mol. The van der Waals surface area contributed by atoms with Crippen LogP contribution in [0.15, 0.2) is 24.8 Å². The van der Waals surface area contributed by atoms with Crippen LogP contribution in [0.4, 0.5) is 0 Å². The Bertz CT molecular complexity index is 620. The third kappa shape index (κ3) is 6.66. The molecule has 0 aliphatic carbocycles. The number of carbonyl (C=O) groups is 1. The zero-order valence-electron chi connectivity index (χ0n) is 18.6. The van der Waals surface area contributed by atoms with Crippen LogP contribution in [0.5, 0.6) is 5.75 Å². The summed E-state index contributed by atoms with van der Waals surface area (Å²) in [5.41, 5.74) is 2.75. The Morgan fingerprint density at radius 1 is 1.04 bits per heavy atom. The molecule has 0 saturated carbocycles. The van der Waals surface area contributed by atoms with E-state index in [1.54, 1.807) is 0 Å².